The minimum absolute atomic E-state index is 0.0696. The van der Waals surface area contributed by atoms with Gasteiger partial charge < -0.3 is 9.84 Å². The van der Waals surface area contributed by atoms with Gasteiger partial charge in [-0.3, -0.25) is 0 Å². The maximum Gasteiger partial charge on any atom is 0.154 e. The van der Waals surface area contributed by atoms with E-state index in [1.165, 1.54) is 0 Å². The topological polar surface area (TPSA) is 63.6 Å². The van der Waals surface area contributed by atoms with Gasteiger partial charge >= 0.3 is 0 Å². The molecule has 2 unspecified atom stereocenters. The van der Waals surface area contributed by atoms with Crippen molar-refractivity contribution >= 4 is 9.84 Å². The van der Waals surface area contributed by atoms with Crippen LogP contribution in [0.3, 0.4) is 0 Å². The van der Waals surface area contributed by atoms with Crippen LogP contribution in [0.15, 0.2) is 18.2 Å². The molecule has 0 bridgehead atoms. The Kier molecular flexibility index (Phi) is 3.64. The normalized spacial score (nSPS) is 23.8. The SMILES string of the molecule is Cc1ccc(C(C)O)c(OC2CCS(=O)(=O)C2)c1. The van der Waals surface area contributed by atoms with Gasteiger partial charge in [0, 0.05) is 5.56 Å². The minimum atomic E-state index is -2.95. The van der Waals surface area contributed by atoms with Crippen LogP contribution in [0.1, 0.15) is 30.6 Å². The predicted molar refractivity (Wildman–Crippen MR) is 69.5 cm³/mol. The van der Waals surface area contributed by atoms with Crippen molar-refractivity contribution in [2.45, 2.75) is 32.5 Å². The molecule has 18 heavy (non-hydrogen) atoms. The molecule has 1 heterocycles. The van der Waals surface area contributed by atoms with E-state index in [1.54, 1.807) is 6.92 Å². The zero-order chi connectivity index (χ0) is 13.3. The average molecular weight is 270 g/mol. The number of benzene rings is 1. The summed E-state index contributed by atoms with van der Waals surface area (Å²) in [7, 11) is -2.95. The van der Waals surface area contributed by atoms with Gasteiger partial charge in [0.2, 0.25) is 0 Å². The molecule has 1 saturated heterocycles. The highest BCUT2D eigenvalue weighted by molar-refractivity contribution is 7.91. The van der Waals surface area contributed by atoms with Crippen LogP contribution in [-0.2, 0) is 9.84 Å². The number of aliphatic hydroxyl groups is 1. The van der Waals surface area contributed by atoms with Crippen LogP contribution >= 0.6 is 0 Å². The van der Waals surface area contributed by atoms with Gasteiger partial charge in [0.1, 0.15) is 11.9 Å². The van der Waals surface area contributed by atoms with E-state index >= 15 is 0 Å². The molecule has 0 amide bonds. The molecule has 1 N–H and O–H groups in total. The molecule has 4 nitrogen and oxygen atoms in total. The van der Waals surface area contributed by atoms with Gasteiger partial charge in [-0.2, -0.15) is 0 Å². The number of aliphatic hydroxyl groups excluding tert-OH is 1. The highest BCUT2D eigenvalue weighted by Gasteiger charge is 2.30. The fraction of sp³-hybridized carbons (Fsp3) is 0.538. The van der Waals surface area contributed by atoms with Crippen molar-refractivity contribution in [2.75, 3.05) is 11.5 Å². The minimum Gasteiger partial charge on any atom is -0.489 e. The van der Waals surface area contributed by atoms with Gasteiger partial charge in [-0.25, -0.2) is 8.42 Å². The van der Waals surface area contributed by atoms with E-state index < -0.39 is 15.9 Å². The molecule has 2 atom stereocenters. The van der Waals surface area contributed by atoms with Crippen molar-refractivity contribution in [3.63, 3.8) is 0 Å². The maximum absolute atomic E-state index is 11.4. The largest absolute Gasteiger partial charge is 0.489 e. The number of hydrogen-bond acceptors (Lipinski definition) is 4. The van der Waals surface area contributed by atoms with E-state index in [1.807, 2.05) is 25.1 Å². The second kappa shape index (κ2) is 4.90. The first-order valence-electron chi connectivity index (χ1n) is 6.03. The van der Waals surface area contributed by atoms with E-state index in [0.29, 0.717) is 17.7 Å². The molecule has 0 saturated carbocycles. The Hall–Kier alpha value is -1.07. The lowest BCUT2D eigenvalue weighted by Crippen LogP contribution is -2.18. The molecule has 0 aliphatic carbocycles. The predicted octanol–water partition coefficient (Wildman–Crippen LogP) is 1.61. The first-order chi connectivity index (χ1) is 8.37. The molecule has 1 aliphatic rings. The zero-order valence-electron chi connectivity index (χ0n) is 10.6. The summed E-state index contributed by atoms with van der Waals surface area (Å²) < 4.78 is 28.5. The summed E-state index contributed by atoms with van der Waals surface area (Å²) in [6, 6.07) is 5.56. The van der Waals surface area contributed by atoms with Crippen LogP contribution in [0.2, 0.25) is 0 Å². The number of rotatable bonds is 3. The highest BCUT2D eigenvalue weighted by Crippen LogP contribution is 2.29. The van der Waals surface area contributed by atoms with Crippen LogP contribution in [0.25, 0.3) is 0 Å². The summed E-state index contributed by atoms with van der Waals surface area (Å²) in [6.45, 7) is 3.60. The molecule has 0 aromatic heterocycles. The van der Waals surface area contributed by atoms with E-state index in [2.05, 4.69) is 0 Å². The standard InChI is InChI=1S/C13H18O4S/c1-9-3-4-12(10(2)14)13(7-9)17-11-5-6-18(15,16)8-11/h3-4,7,10-11,14H,5-6,8H2,1-2H3. The lowest BCUT2D eigenvalue weighted by molar-refractivity contribution is 0.180. The Morgan fingerprint density at radius 1 is 1.44 bits per heavy atom. The van der Waals surface area contributed by atoms with Gasteiger partial charge in [-0.05, 0) is 31.9 Å². The third kappa shape index (κ3) is 3.03. The fourth-order valence-corrected chi connectivity index (χ4v) is 3.71. The number of ether oxygens (including phenoxy) is 1. The molecular weight excluding hydrogens is 252 g/mol. The fourth-order valence-electron chi connectivity index (χ4n) is 2.12. The number of aryl methyl sites for hydroxylation is 1. The van der Waals surface area contributed by atoms with Crippen LogP contribution in [0.5, 0.6) is 5.75 Å². The van der Waals surface area contributed by atoms with Crippen molar-refractivity contribution in [1.29, 1.82) is 0 Å². The van der Waals surface area contributed by atoms with Crippen LogP contribution in [0, 0.1) is 6.92 Å². The van der Waals surface area contributed by atoms with Crippen molar-refractivity contribution in [1.82, 2.24) is 0 Å². The highest BCUT2D eigenvalue weighted by atomic mass is 32.2. The Balaban J connectivity index is 2.21. The zero-order valence-corrected chi connectivity index (χ0v) is 11.4. The first-order valence-corrected chi connectivity index (χ1v) is 7.85. The molecule has 2 rings (SSSR count). The van der Waals surface area contributed by atoms with Gasteiger partial charge in [0.15, 0.2) is 9.84 Å². The lowest BCUT2D eigenvalue weighted by atomic mass is 10.1. The third-order valence-corrected chi connectivity index (χ3v) is 4.84. The van der Waals surface area contributed by atoms with Crippen LogP contribution in [0.4, 0.5) is 0 Å². The second-order valence-electron chi connectivity index (χ2n) is 4.86. The molecule has 5 heteroatoms. The Labute approximate surface area is 108 Å². The van der Waals surface area contributed by atoms with Crippen molar-refractivity contribution < 1.29 is 18.3 Å². The molecule has 100 valence electrons. The van der Waals surface area contributed by atoms with Gasteiger partial charge in [-0.1, -0.05) is 12.1 Å². The molecule has 0 radical (unpaired) electrons. The maximum atomic E-state index is 11.4. The quantitative estimate of drug-likeness (QED) is 0.906. The number of hydrogen-bond donors (Lipinski definition) is 1. The Morgan fingerprint density at radius 2 is 2.17 bits per heavy atom. The second-order valence-corrected chi connectivity index (χ2v) is 7.09. The summed E-state index contributed by atoms with van der Waals surface area (Å²) in [4.78, 5) is 0. The summed E-state index contributed by atoms with van der Waals surface area (Å²) in [5, 5.41) is 9.67. The monoisotopic (exact) mass is 270 g/mol. The lowest BCUT2D eigenvalue weighted by Gasteiger charge is -2.17. The molecule has 1 aliphatic heterocycles. The first kappa shape index (κ1) is 13.4. The van der Waals surface area contributed by atoms with E-state index in [4.69, 9.17) is 4.74 Å². The molecule has 0 spiro atoms. The summed E-state index contributed by atoms with van der Waals surface area (Å²) in [5.41, 5.74) is 1.72. The van der Waals surface area contributed by atoms with E-state index in [-0.39, 0.29) is 17.6 Å². The molecular formula is C13H18O4S. The van der Waals surface area contributed by atoms with Gasteiger partial charge in [-0.15, -0.1) is 0 Å². The van der Waals surface area contributed by atoms with E-state index in [0.717, 1.165) is 5.56 Å². The van der Waals surface area contributed by atoms with Crippen LogP contribution < -0.4 is 4.74 Å². The Morgan fingerprint density at radius 3 is 2.72 bits per heavy atom. The van der Waals surface area contributed by atoms with Crippen molar-refractivity contribution in [3.05, 3.63) is 29.3 Å². The summed E-state index contributed by atoms with van der Waals surface area (Å²) in [6.07, 6.45) is -0.400. The summed E-state index contributed by atoms with van der Waals surface area (Å²) >= 11 is 0. The molecule has 1 aromatic rings. The number of sulfone groups is 1. The molecule has 1 fully saturated rings. The van der Waals surface area contributed by atoms with Gasteiger partial charge in [0.05, 0.1) is 17.6 Å². The van der Waals surface area contributed by atoms with Crippen molar-refractivity contribution in [2.24, 2.45) is 0 Å². The van der Waals surface area contributed by atoms with Crippen molar-refractivity contribution in [3.8, 4) is 5.75 Å². The average Bonchev–Trinajstić information content (AvgIpc) is 2.57. The Bertz CT molecular complexity index is 534. The smallest absolute Gasteiger partial charge is 0.154 e. The van der Waals surface area contributed by atoms with Gasteiger partial charge in [0.25, 0.3) is 0 Å². The molecule has 1 aromatic carbocycles. The summed E-state index contributed by atoms with van der Waals surface area (Å²) in [5.74, 6) is 0.848. The third-order valence-electron chi connectivity index (χ3n) is 3.10. The van der Waals surface area contributed by atoms with E-state index in [9.17, 15) is 13.5 Å². The van der Waals surface area contributed by atoms with Crippen LogP contribution in [-0.4, -0.2) is 31.1 Å².